The Kier molecular flexibility index (Phi) is 5.10. The van der Waals surface area contributed by atoms with Gasteiger partial charge in [0.05, 0.1) is 4.83 Å². The van der Waals surface area contributed by atoms with Gasteiger partial charge in [0.2, 0.25) is 0 Å². The molecule has 1 unspecified atom stereocenters. The predicted octanol–water partition coefficient (Wildman–Crippen LogP) is 6.71. The van der Waals surface area contributed by atoms with Crippen molar-refractivity contribution in [2.24, 2.45) is 0 Å². The summed E-state index contributed by atoms with van der Waals surface area (Å²) in [6, 6.07) is 14.6. The third kappa shape index (κ3) is 3.62. The summed E-state index contributed by atoms with van der Waals surface area (Å²) in [4.78, 5) is 0.167. The Bertz CT molecular complexity index is 561. The molecule has 0 saturated carbocycles. The van der Waals surface area contributed by atoms with Crippen molar-refractivity contribution in [3.8, 4) is 0 Å². The number of hydrogen-bond donors (Lipinski definition) is 0. The molecule has 1 atom stereocenters. The average molecular weight is 403 g/mol. The van der Waals surface area contributed by atoms with Crippen molar-refractivity contribution >= 4 is 43.5 Å². The number of halogens is 3. The van der Waals surface area contributed by atoms with Crippen molar-refractivity contribution in [3.05, 3.63) is 68.7 Å². The van der Waals surface area contributed by atoms with Crippen LogP contribution in [0, 0.1) is 0 Å². The molecule has 2 aromatic carbocycles. The Morgan fingerprint density at radius 1 is 0.947 bits per heavy atom. The summed E-state index contributed by atoms with van der Waals surface area (Å²) >= 11 is 13.3. The lowest BCUT2D eigenvalue weighted by atomic mass is 9.99. The fourth-order valence-corrected chi connectivity index (χ4v) is 3.86. The van der Waals surface area contributed by atoms with Gasteiger partial charge in [0, 0.05) is 9.50 Å². The van der Waals surface area contributed by atoms with E-state index in [2.05, 4.69) is 70.0 Å². The molecule has 0 aliphatic rings. The van der Waals surface area contributed by atoms with Crippen LogP contribution in [0.5, 0.6) is 0 Å². The van der Waals surface area contributed by atoms with E-state index in [1.165, 1.54) is 16.7 Å². The van der Waals surface area contributed by atoms with Crippen LogP contribution in [0.15, 0.2) is 46.9 Å². The highest BCUT2D eigenvalue weighted by Gasteiger charge is 2.14. The Hall–Kier alpha value is -0.310. The molecule has 0 heterocycles. The summed E-state index contributed by atoms with van der Waals surface area (Å²) in [5, 5.41) is 0.741. The number of alkyl halides is 1. The van der Waals surface area contributed by atoms with Crippen LogP contribution in [0.3, 0.4) is 0 Å². The van der Waals surface area contributed by atoms with Gasteiger partial charge in [-0.1, -0.05) is 87.6 Å². The normalized spacial score (nSPS) is 12.7. The van der Waals surface area contributed by atoms with Crippen molar-refractivity contribution in [3.63, 3.8) is 0 Å². The van der Waals surface area contributed by atoms with Crippen molar-refractivity contribution in [2.45, 2.75) is 24.6 Å². The molecule has 2 rings (SSSR count). The lowest BCUT2D eigenvalue weighted by molar-refractivity contribution is 0.865. The zero-order chi connectivity index (χ0) is 14.0. The van der Waals surface area contributed by atoms with E-state index in [1.54, 1.807) is 0 Å². The first-order valence-electron chi connectivity index (χ1n) is 6.18. The Balaban J connectivity index is 2.30. The highest BCUT2D eigenvalue weighted by atomic mass is 79.9. The van der Waals surface area contributed by atoms with E-state index < -0.39 is 0 Å². The molecule has 0 radical (unpaired) electrons. The minimum atomic E-state index is 0.167. The monoisotopic (exact) mass is 400 g/mol. The second-order valence-electron chi connectivity index (χ2n) is 4.85. The zero-order valence-corrected chi connectivity index (χ0v) is 14.8. The van der Waals surface area contributed by atoms with Crippen LogP contribution < -0.4 is 0 Å². The van der Waals surface area contributed by atoms with Gasteiger partial charge in [-0.15, -0.1) is 0 Å². The maximum Gasteiger partial charge on any atom is 0.0655 e. The van der Waals surface area contributed by atoms with E-state index in [0.717, 1.165) is 9.50 Å². The van der Waals surface area contributed by atoms with Crippen molar-refractivity contribution < 1.29 is 0 Å². The molecule has 0 N–H and O–H groups in total. The molecule has 100 valence electrons. The summed E-state index contributed by atoms with van der Waals surface area (Å²) in [5.74, 6) is 0.560. The van der Waals surface area contributed by atoms with Crippen LogP contribution in [0.2, 0.25) is 5.02 Å². The third-order valence-corrected chi connectivity index (χ3v) is 5.08. The van der Waals surface area contributed by atoms with Crippen LogP contribution >= 0.6 is 43.5 Å². The first-order valence-corrected chi connectivity index (χ1v) is 8.26. The van der Waals surface area contributed by atoms with E-state index >= 15 is 0 Å². The van der Waals surface area contributed by atoms with Gasteiger partial charge in [-0.3, -0.25) is 0 Å². The van der Waals surface area contributed by atoms with Crippen LogP contribution in [0.25, 0.3) is 0 Å². The summed E-state index contributed by atoms with van der Waals surface area (Å²) < 4.78 is 1.02. The number of benzene rings is 2. The molecule has 2 aromatic rings. The quantitative estimate of drug-likeness (QED) is 0.501. The van der Waals surface area contributed by atoms with Gasteiger partial charge in [0.15, 0.2) is 0 Å². The summed E-state index contributed by atoms with van der Waals surface area (Å²) in [6.07, 6.45) is 0. The van der Waals surface area contributed by atoms with Crippen molar-refractivity contribution in [1.82, 2.24) is 0 Å². The number of rotatable bonds is 3. The van der Waals surface area contributed by atoms with E-state index in [1.807, 2.05) is 18.2 Å². The largest absolute Gasteiger partial charge is 0.0843 e. The van der Waals surface area contributed by atoms with Gasteiger partial charge in [-0.2, -0.15) is 0 Å². The van der Waals surface area contributed by atoms with E-state index in [4.69, 9.17) is 11.6 Å². The fourth-order valence-electron chi connectivity index (χ4n) is 1.94. The molecular weight excluding hydrogens is 387 g/mol. The molecule has 0 nitrogen and oxygen atoms in total. The Labute approximate surface area is 136 Å². The molecule has 0 fully saturated rings. The fraction of sp³-hybridized carbons (Fsp3) is 0.250. The lowest BCUT2D eigenvalue weighted by Crippen LogP contribution is -1.95. The first kappa shape index (κ1) is 15.1. The molecule has 0 aliphatic heterocycles. The highest BCUT2D eigenvalue weighted by molar-refractivity contribution is 9.11. The molecule has 0 saturated heterocycles. The van der Waals surface area contributed by atoms with Crippen LogP contribution in [0.1, 0.15) is 41.3 Å². The maximum atomic E-state index is 5.98. The first-order chi connectivity index (χ1) is 8.99. The van der Waals surface area contributed by atoms with E-state index in [-0.39, 0.29) is 4.83 Å². The van der Waals surface area contributed by atoms with Gasteiger partial charge in [0.1, 0.15) is 0 Å². The van der Waals surface area contributed by atoms with Gasteiger partial charge in [-0.25, -0.2) is 0 Å². The molecule has 0 amide bonds. The summed E-state index contributed by atoms with van der Waals surface area (Å²) in [6.45, 7) is 4.41. The second-order valence-corrected chi connectivity index (χ2v) is 7.06. The number of hydrogen-bond acceptors (Lipinski definition) is 0. The van der Waals surface area contributed by atoms with E-state index in [9.17, 15) is 0 Å². The standard InChI is InChI=1S/C16H15Br2Cl/c1-10(2)11-3-5-12(6-4-11)16(18)14-8-7-13(19)9-15(14)17/h3-10,16H,1-2H3. The molecule has 0 aromatic heterocycles. The third-order valence-electron chi connectivity index (χ3n) is 3.13. The maximum absolute atomic E-state index is 5.98. The minimum Gasteiger partial charge on any atom is -0.0843 e. The summed E-state index contributed by atoms with van der Waals surface area (Å²) in [7, 11) is 0. The van der Waals surface area contributed by atoms with Gasteiger partial charge in [0.25, 0.3) is 0 Å². The van der Waals surface area contributed by atoms with Crippen LogP contribution in [-0.4, -0.2) is 0 Å². The van der Waals surface area contributed by atoms with E-state index in [0.29, 0.717) is 5.92 Å². The Morgan fingerprint density at radius 2 is 1.53 bits per heavy atom. The highest BCUT2D eigenvalue weighted by Crippen LogP contribution is 2.36. The molecular formula is C16H15Br2Cl. The molecule has 19 heavy (non-hydrogen) atoms. The van der Waals surface area contributed by atoms with Gasteiger partial charge < -0.3 is 0 Å². The molecule has 0 spiro atoms. The minimum absolute atomic E-state index is 0.167. The summed E-state index contributed by atoms with van der Waals surface area (Å²) in [5.41, 5.74) is 3.78. The molecule has 3 heteroatoms. The zero-order valence-electron chi connectivity index (χ0n) is 10.8. The van der Waals surface area contributed by atoms with Crippen molar-refractivity contribution in [1.29, 1.82) is 0 Å². The topological polar surface area (TPSA) is 0 Å². The molecule has 0 aliphatic carbocycles. The van der Waals surface area contributed by atoms with Crippen molar-refractivity contribution in [2.75, 3.05) is 0 Å². The lowest BCUT2D eigenvalue weighted by Gasteiger charge is -2.14. The van der Waals surface area contributed by atoms with Crippen LogP contribution in [0.4, 0.5) is 0 Å². The molecule has 0 bridgehead atoms. The Morgan fingerprint density at radius 3 is 2.05 bits per heavy atom. The SMILES string of the molecule is CC(C)c1ccc(C(Br)c2ccc(Cl)cc2Br)cc1. The second kappa shape index (κ2) is 6.43. The van der Waals surface area contributed by atoms with Crippen LogP contribution in [-0.2, 0) is 0 Å². The van der Waals surface area contributed by atoms with Gasteiger partial charge >= 0.3 is 0 Å². The predicted molar refractivity (Wildman–Crippen MR) is 90.5 cm³/mol. The smallest absolute Gasteiger partial charge is 0.0655 e. The van der Waals surface area contributed by atoms with Gasteiger partial charge in [-0.05, 0) is 34.7 Å². The average Bonchev–Trinajstić information content (AvgIpc) is 2.38.